The van der Waals surface area contributed by atoms with Crippen LogP contribution in [0, 0.1) is 0 Å². The molecule has 1 aromatic rings. The zero-order valence-electron chi connectivity index (χ0n) is 17.7. The Morgan fingerprint density at radius 2 is 1.37 bits per heavy atom. The minimum Gasteiger partial charge on any atom is -0.387 e. The van der Waals surface area contributed by atoms with Crippen LogP contribution in [0.25, 0.3) is 0 Å². The summed E-state index contributed by atoms with van der Waals surface area (Å²) < 4.78 is 9.27. The molecule has 1 rings (SSSR count). The van der Waals surface area contributed by atoms with Crippen LogP contribution in [0.15, 0.2) is 18.2 Å². The van der Waals surface area contributed by atoms with Crippen LogP contribution in [0.3, 0.4) is 0 Å². The van der Waals surface area contributed by atoms with Crippen molar-refractivity contribution in [1.29, 1.82) is 0 Å². The molecule has 0 aromatic heterocycles. The number of carbonyl (C=O) groups excluding carboxylic acids is 4. The molecule has 0 aliphatic carbocycles. The van der Waals surface area contributed by atoms with Gasteiger partial charge in [0.2, 0.25) is 0 Å². The Balaban J connectivity index is 3.11. The zero-order chi connectivity index (χ0) is 22.7. The van der Waals surface area contributed by atoms with Crippen LogP contribution in [0.4, 0.5) is 0 Å². The lowest BCUT2D eigenvalue weighted by atomic mass is 9.96. The van der Waals surface area contributed by atoms with Crippen LogP contribution in [0.2, 0.25) is 0 Å². The molecule has 0 heterocycles. The van der Waals surface area contributed by atoms with E-state index in [0.29, 0.717) is 12.0 Å². The molecule has 0 spiro atoms. The summed E-state index contributed by atoms with van der Waals surface area (Å²) in [6.07, 6.45) is 3.52. The first-order chi connectivity index (χ1) is 14.2. The predicted octanol–water partition coefficient (Wildman–Crippen LogP) is 2.72. The number of hydrogen-bond acceptors (Lipinski definition) is 8. The summed E-state index contributed by atoms with van der Waals surface area (Å²) in [7, 11) is 0. The van der Waals surface area contributed by atoms with Crippen LogP contribution in [-0.4, -0.2) is 46.3 Å². The highest BCUT2D eigenvalue weighted by atomic mass is 16.6. The van der Waals surface area contributed by atoms with Crippen molar-refractivity contribution in [3.63, 3.8) is 0 Å². The Bertz CT molecular complexity index is 752. The van der Waals surface area contributed by atoms with Crippen molar-refractivity contribution in [2.75, 3.05) is 0 Å². The first kappa shape index (κ1) is 25.5. The lowest BCUT2D eigenvalue weighted by Crippen LogP contribution is -2.27. The van der Waals surface area contributed by atoms with E-state index in [4.69, 9.17) is 0 Å². The minimum atomic E-state index is -1.52. The highest BCUT2D eigenvalue weighted by molar-refractivity contribution is 6.09. The smallest absolute Gasteiger partial charge is 0.347 e. The van der Waals surface area contributed by atoms with E-state index in [9.17, 15) is 29.4 Å². The number of rotatable bonds is 11. The molecule has 1 aromatic carbocycles. The molecule has 0 fully saturated rings. The lowest BCUT2D eigenvalue weighted by Gasteiger charge is -2.14. The van der Waals surface area contributed by atoms with Crippen LogP contribution >= 0.6 is 0 Å². The van der Waals surface area contributed by atoms with Crippen molar-refractivity contribution < 1.29 is 38.9 Å². The molecule has 0 saturated carbocycles. The van der Waals surface area contributed by atoms with Gasteiger partial charge in [-0.3, -0.25) is 0 Å². The summed E-state index contributed by atoms with van der Waals surface area (Å²) in [6.45, 7) is 4.41. The molecule has 0 radical (unpaired) electrons. The molecule has 0 amide bonds. The third-order valence-corrected chi connectivity index (χ3v) is 4.44. The normalized spacial score (nSPS) is 12.7. The standard InChI is InChI=1S/C22H30O8/c1-4-5-6-7-8-9-11-16-12-10-13-17(21(27)29-19(25)14(2)23)18(16)22(28)30-20(26)15(3)24/h10,12-15,23-24H,4-9,11H2,1-3H3. The van der Waals surface area contributed by atoms with Gasteiger partial charge in [-0.25, -0.2) is 19.2 Å². The van der Waals surface area contributed by atoms with E-state index in [2.05, 4.69) is 16.4 Å². The van der Waals surface area contributed by atoms with Crippen LogP contribution < -0.4 is 0 Å². The Hall–Kier alpha value is -2.58. The topological polar surface area (TPSA) is 127 Å². The highest BCUT2D eigenvalue weighted by Crippen LogP contribution is 2.21. The fourth-order valence-electron chi connectivity index (χ4n) is 2.77. The van der Waals surface area contributed by atoms with Gasteiger partial charge in [0.15, 0.2) is 0 Å². The van der Waals surface area contributed by atoms with E-state index in [0.717, 1.165) is 52.4 Å². The van der Waals surface area contributed by atoms with Gasteiger partial charge in [-0.2, -0.15) is 0 Å². The summed E-state index contributed by atoms with van der Waals surface area (Å²) >= 11 is 0. The van der Waals surface area contributed by atoms with Gasteiger partial charge < -0.3 is 19.7 Å². The average Bonchev–Trinajstić information content (AvgIpc) is 2.69. The van der Waals surface area contributed by atoms with Crippen molar-refractivity contribution in [2.45, 2.75) is 77.9 Å². The van der Waals surface area contributed by atoms with E-state index in [1.807, 2.05) is 0 Å². The van der Waals surface area contributed by atoms with E-state index in [-0.39, 0.29) is 11.1 Å². The van der Waals surface area contributed by atoms with Gasteiger partial charge in [-0.05, 0) is 38.3 Å². The first-order valence-corrected chi connectivity index (χ1v) is 10.2. The SMILES string of the molecule is CCCCCCCCc1cccc(C(=O)OC(=O)C(C)O)c1C(=O)OC(=O)C(C)O. The molecular formula is C22H30O8. The average molecular weight is 422 g/mol. The number of benzene rings is 1. The maximum absolute atomic E-state index is 12.6. The summed E-state index contributed by atoms with van der Waals surface area (Å²) in [5, 5.41) is 18.5. The van der Waals surface area contributed by atoms with Gasteiger partial charge in [0.1, 0.15) is 12.2 Å². The molecule has 0 bridgehead atoms. The van der Waals surface area contributed by atoms with Crippen LogP contribution in [0.1, 0.15) is 85.6 Å². The number of unbranched alkanes of at least 4 members (excludes halogenated alkanes) is 5. The van der Waals surface area contributed by atoms with Crippen LogP contribution in [0.5, 0.6) is 0 Å². The molecule has 0 saturated heterocycles. The Kier molecular flexibility index (Phi) is 10.9. The quantitative estimate of drug-likeness (QED) is 0.317. The number of hydrogen-bond donors (Lipinski definition) is 2. The number of aliphatic hydroxyl groups is 2. The molecule has 166 valence electrons. The summed E-state index contributed by atoms with van der Waals surface area (Å²) in [6, 6.07) is 4.43. The van der Waals surface area contributed by atoms with Gasteiger partial charge in [-0.15, -0.1) is 0 Å². The molecule has 8 heteroatoms. The first-order valence-electron chi connectivity index (χ1n) is 10.2. The molecule has 0 aliphatic heterocycles. The van der Waals surface area contributed by atoms with Gasteiger partial charge in [0.05, 0.1) is 11.1 Å². The summed E-state index contributed by atoms with van der Waals surface area (Å²) in [4.78, 5) is 48.2. The van der Waals surface area contributed by atoms with E-state index in [1.165, 1.54) is 12.1 Å². The Morgan fingerprint density at radius 3 is 1.93 bits per heavy atom. The Morgan fingerprint density at radius 1 is 0.833 bits per heavy atom. The van der Waals surface area contributed by atoms with Gasteiger partial charge in [-0.1, -0.05) is 51.2 Å². The van der Waals surface area contributed by atoms with Gasteiger partial charge in [0.25, 0.3) is 0 Å². The summed E-state index contributed by atoms with van der Waals surface area (Å²) in [5.41, 5.74) is 0.0205. The second kappa shape index (κ2) is 12.9. The molecule has 2 N–H and O–H groups in total. The van der Waals surface area contributed by atoms with E-state index >= 15 is 0 Å². The third-order valence-electron chi connectivity index (χ3n) is 4.44. The molecule has 2 atom stereocenters. The maximum Gasteiger partial charge on any atom is 0.347 e. The number of carbonyl (C=O) groups is 4. The lowest BCUT2D eigenvalue weighted by molar-refractivity contribution is -0.147. The van der Waals surface area contributed by atoms with Crippen LogP contribution in [-0.2, 0) is 25.5 Å². The Labute approximate surface area is 176 Å². The minimum absolute atomic E-state index is 0.191. The number of aryl methyl sites for hydroxylation is 1. The second-order valence-electron chi connectivity index (χ2n) is 7.13. The monoisotopic (exact) mass is 422 g/mol. The predicted molar refractivity (Wildman–Crippen MR) is 108 cm³/mol. The number of esters is 4. The van der Waals surface area contributed by atoms with Crippen molar-refractivity contribution in [1.82, 2.24) is 0 Å². The third kappa shape index (κ3) is 8.04. The molecule has 8 nitrogen and oxygen atoms in total. The largest absolute Gasteiger partial charge is 0.387 e. The van der Waals surface area contributed by atoms with Crippen molar-refractivity contribution in [3.8, 4) is 0 Å². The zero-order valence-corrected chi connectivity index (χ0v) is 17.7. The highest BCUT2D eigenvalue weighted by Gasteiger charge is 2.28. The van der Waals surface area contributed by atoms with Crippen molar-refractivity contribution >= 4 is 23.9 Å². The molecule has 30 heavy (non-hydrogen) atoms. The van der Waals surface area contributed by atoms with Gasteiger partial charge in [0, 0.05) is 0 Å². The molecular weight excluding hydrogens is 392 g/mol. The fraction of sp³-hybridized carbons (Fsp3) is 0.545. The molecule has 0 aliphatic rings. The van der Waals surface area contributed by atoms with Crippen molar-refractivity contribution in [2.24, 2.45) is 0 Å². The molecule has 2 unspecified atom stereocenters. The second-order valence-corrected chi connectivity index (χ2v) is 7.13. The number of ether oxygens (including phenoxy) is 2. The number of aliphatic hydroxyl groups excluding tert-OH is 2. The maximum atomic E-state index is 12.6. The van der Waals surface area contributed by atoms with E-state index < -0.39 is 36.1 Å². The van der Waals surface area contributed by atoms with Gasteiger partial charge >= 0.3 is 23.9 Å². The fourth-order valence-corrected chi connectivity index (χ4v) is 2.77. The van der Waals surface area contributed by atoms with Crippen molar-refractivity contribution in [3.05, 3.63) is 34.9 Å². The summed E-state index contributed by atoms with van der Waals surface area (Å²) in [5.74, 6) is -4.57. The van der Waals surface area contributed by atoms with E-state index in [1.54, 1.807) is 6.07 Å².